The Morgan fingerprint density at radius 2 is 2.15 bits per heavy atom. The summed E-state index contributed by atoms with van der Waals surface area (Å²) in [6.45, 7) is 4.96. The maximum atomic E-state index is 6.47. The molecule has 2 nitrogen and oxygen atoms in total. The Balaban J connectivity index is 1.94. The molecule has 2 aromatic rings. The summed E-state index contributed by atoms with van der Waals surface area (Å²) in [6, 6.07) is 1.86. The molecule has 108 valence electrons. The second-order valence-corrected chi connectivity index (χ2v) is 7.48. The SMILES string of the molecule is CC(C)c1nc2cc(Cl)c(OCC3CCC3)c(Cl)c2s1. The van der Waals surface area contributed by atoms with Crippen LogP contribution in [-0.2, 0) is 0 Å². The fourth-order valence-corrected chi connectivity index (χ4v) is 3.89. The Morgan fingerprint density at radius 1 is 1.40 bits per heavy atom. The van der Waals surface area contributed by atoms with Crippen LogP contribution in [0.5, 0.6) is 5.75 Å². The highest BCUT2D eigenvalue weighted by molar-refractivity contribution is 7.19. The van der Waals surface area contributed by atoms with Gasteiger partial charge in [0, 0.05) is 5.92 Å². The first-order valence-electron chi connectivity index (χ1n) is 6.97. The van der Waals surface area contributed by atoms with E-state index in [1.165, 1.54) is 19.3 Å². The van der Waals surface area contributed by atoms with Crippen LogP contribution in [0.15, 0.2) is 6.07 Å². The van der Waals surface area contributed by atoms with Crippen molar-refractivity contribution in [1.82, 2.24) is 4.98 Å². The minimum Gasteiger partial charge on any atom is -0.490 e. The van der Waals surface area contributed by atoms with E-state index in [4.69, 9.17) is 27.9 Å². The van der Waals surface area contributed by atoms with Crippen LogP contribution in [0.2, 0.25) is 10.0 Å². The van der Waals surface area contributed by atoms with Crippen molar-refractivity contribution in [3.63, 3.8) is 0 Å². The largest absolute Gasteiger partial charge is 0.490 e. The Morgan fingerprint density at radius 3 is 2.75 bits per heavy atom. The summed E-state index contributed by atoms with van der Waals surface area (Å²) in [4.78, 5) is 4.59. The average Bonchev–Trinajstić information content (AvgIpc) is 2.75. The molecule has 3 rings (SSSR count). The predicted octanol–water partition coefficient (Wildman–Crippen LogP) is 5.91. The molecular formula is C15H17Cl2NOS. The Kier molecular flexibility index (Phi) is 4.11. The van der Waals surface area contributed by atoms with Gasteiger partial charge in [-0.05, 0) is 24.8 Å². The van der Waals surface area contributed by atoms with Gasteiger partial charge >= 0.3 is 0 Å². The molecule has 0 radical (unpaired) electrons. The average molecular weight is 330 g/mol. The third kappa shape index (κ3) is 2.63. The lowest BCUT2D eigenvalue weighted by Crippen LogP contribution is -2.19. The van der Waals surface area contributed by atoms with Crippen molar-refractivity contribution >= 4 is 44.8 Å². The molecule has 1 aliphatic carbocycles. The number of aromatic nitrogens is 1. The summed E-state index contributed by atoms with van der Waals surface area (Å²) >= 11 is 14.4. The highest BCUT2D eigenvalue weighted by Gasteiger charge is 2.21. The van der Waals surface area contributed by atoms with Crippen LogP contribution in [-0.4, -0.2) is 11.6 Å². The van der Waals surface area contributed by atoms with Gasteiger partial charge in [0.25, 0.3) is 0 Å². The first-order chi connectivity index (χ1) is 9.56. The van der Waals surface area contributed by atoms with E-state index in [1.54, 1.807) is 11.3 Å². The molecule has 1 fully saturated rings. The van der Waals surface area contributed by atoms with Crippen molar-refractivity contribution in [3.8, 4) is 5.75 Å². The monoisotopic (exact) mass is 329 g/mol. The van der Waals surface area contributed by atoms with Crippen LogP contribution < -0.4 is 4.74 Å². The molecule has 20 heavy (non-hydrogen) atoms. The van der Waals surface area contributed by atoms with Gasteiger partial charge in [0.1, 0.15) is 5.02 Å². The van der Waals surface area contributed by atoms with Gasteiger partial charge in [0.05, 0.1) is 26.9 Å². The molecule has 1 aromatic heterocycles. The zero-order valence-corrected chi connectivity index (χ0v) is 13.9. The van der Waals surface area contributed by atoms with Gasteiger partial charge < -0.3 is 4.74 Å². The second kappa shape index (κ2) is 5.70. The number of nitrogens with zero attached hydrogens (tertiary/aromatic N) is 1. The van der Waals surface area contributed by atoms with Crippen LogP contribution in [0.1, 0.15) is 44.0 Å². The van der Waals surface area contributed by atoms with Gasteiger partial charge in [0.15, 0.2) is 5.75 Å². The van der Waals surface area contributed by atoms with Crippen LogP contribution >= 0.6 is 34.5 Å². The predicted molar refractivity (Wildman–Crippen MR) is 86.6 cm³/mol. The van der Waals surface area contributed by atoms with E-state index in [0.717, 1.165) is 15.2 Å². The minimum absolute atomic E-state index is 0.390. The third-order valence-electron chi connectivity index (χ3n) is 3.73. The van der Waals surface area contributed by atoms with Gasteiger partial charge in [-0.3, -0.25) is 0 Å². The molecule has 5 heteroatoms. The van der Waals surface area contributed by atoms with Crippen LogP contribution in [0, 0.1) is 5.92 Å². The first-order valence-corrected chi connectivity index (χ1v) is 8.54. The van der Waals surface area contributed by atoms with Crippen molar-refractivity contribution in [2.75, 3.05) is 6.61 Å². The van der Waals surface area contributed by atoms with Crippen molar-refractivity contribution in [2.45, 2.75) is 39.0 Å². The number of fused-ring (bicyclic) bond motifs is 1. The maximum absolute atomic E-state index is 6.47. The molecule has 0 unspecified atom stereocenters. The van der Waals surface area contributed by atoms with Gasteiger partial charge in [-0.15, -0.1) is 11.3 Å². The van der Waals surface area contributed by atoms with E-state index in [-0.39, 0.29) is 0 Å². The third-order valence-corrected chi connectivity index (χ3v) is 5.87. The normalized spacial score (nSPS) is 15.8. The standard InChI is InChI=1S/C15H17Cl2NOS/c1-8(2)15-18-11-6-10(16)13(12(17)14(11)20-15)19-7-9-4-3-5-9/h6,8-9H,3-5,7H2,1-2H3. The molecule has 0 amide bonds. The summed E-state index contributed by atoms with van der Waals surface area (Å²) in [5.74, 6) is 1.67. The lowest BCUT2D eigenvalue weighted by atomic mass is 9.86. The summed E-state index contributed by atoms with van der Waals surface area (Å²) in [7, 11) is 0. The van der Waals surface area contributed by atoms with E-state index in [9.17, 15) is 0 Å². The topological polar surface area (TPSA) is 22.1 Å². The van der Waals surface area contributed by atoms with Crippen molar-refractivity contribution in [3.05, 3.63) is 21.1 Å². The van der Waals surface area contributed by atoms with E-state index < -0.39 is 0 Å². The Hall–Kier alpha value is -0.510. The summed E-state index contributed by atoms with van der Waals surface area (Å²) < 4.78 is 6.84. The number of rotatable bonds is 4. The van der Waals surface area contributed by atoms with Gasteiger partial charge in [-0.1, -0.05) is 43.5 Å². The molecule has 0 aliphatic heterocycles. The zero-order valence-electron chi connectivity index (χ0n) is 11.6. The Labute approximate surface area is 133 Å². The van der Waals surface area contributed by atoms with Crippen LogP contribution in [0.25, 0.3) is 10.2 Å². The molecule has 0 bridgehead atoms. The number of halogens is 2. The first kappa shape index (κ1) is 14.4. The lowest BCUT2D eigenvalue weighted by Gasteiger charge is -2.25. The van der Waals surface area contributed by atoms with Gasteiger partial charge in [0.2, 0.25) is 0 Å². The highest BCUT2D eigenvalue weighted by Crippen LogP contribution is 2.43. The smallest absolute Gasteiger partial charge is 0.158 e. The van der Waals surface area contributed by atoms with Crippen molar-refractivity contribution < 1.29 is 4.74 Å². The number of hydrogen-bond donors (Lipinski definition) is 0. The number of benzene rings is 1. The van der Waals surface area contributed by atoms with Crippen LogP contribution in [0.4, 0.5) is 0 Å². The number of ether oxygens (including phenoxy) is 1. The molecule has 0 spiro atoms. The van der Waals surface area contributed by atoms with Crippen molar-refractivity contribution in [1.29, 1.82) is 0 Å². The quantitative estimate of drug-likeness (QED) is 0.696. The highest BCUT2D eigenvalue weighted by atomic mass is 35.5. The van der Waals surface area contributed by atoms with E-state index in [1.807, 2.05) is 6.07 Å². The fraction of sp³-hybridized carbons (Fsp3) is 0.533. The van der Waals surface area contributed by atoms with Gasteiger partial charge in [-0.25, -0.2) is 4.98 Å². The molecule has 1 aromatic carbocycles. The zero-order chi connectivity index (χ0) is 14.3. The van der Waals surface area contributed by atoms with Crippen molar-refractivity contribution in [2.24, 2.45) is 5.92 Å². The molecule has 1 saturated carbocycles. The van der Waals surface area contributed by atoms with Crippen LogP contribution in [0.3, 0.4) is 0 Å². The molecule has 1 heterocycles. The number of hydrogen-bond acceptors (Lipinski definition) is 3. The minimum atomic E-state index is 0.390. The maximum Gasteiger partial charge on any atom is 0.158 e. The molecule has 0 saturated heterocycles. The van der Waals surface area contributed by atoms with Gasteiger partial charge in [-0.2, -0.15) is 0 Å². The van der Waals surface area contributed by atoms with E-state index >= 15 is 0 Å². The molecular weight excluding hydrogens is 313 g/mol. The molecule has 0 atom stereocenters. The van der Waals surface area contributed by atoms with E-state index in [2.05, 4.69) is 18.8 Å². The summed E-state index contributed by atoms with van der Waals surface area (Å²) in [5, 5.41) is 2.24. The second-order valence-electron chi connectivity index (χ2n) is 5.66. The lowest BCUT2D eigenvalue weighted by molar-refractivity contribution is 0.181. The number of thiazole rings is 1. The molecule has 0 N–H and O–H groups in total. The fourth-order valence-electron chi connectivity index (χ4n) is 2.24. The summed E-state index contributed by atoms with van der Waals surface area (Å²) in [6.07, 6.45) is 3.80. The summed E-state index contributed by atoms with van der Waals surface area (Å²) in [5.41, 5.74) is 0.865. The Bertz CT molecular complexity index is 634. The molecule has 1 aliphatic rings. The van der Waals surface area contributed by atoms with E-state index in [0.29, 0.717) is 34.2 Å².